The van der Waals surface area contributed by atoms with Gasteiger partial charge in [-0.05, 0) is 55.7 Å². The molecule has 1 N–H and O–H groups in total. The minimum Gasteiger partial charge on any atom is -0.338 e. The van der Waals surface area contributed by atoms with Gasteiger partial charge < -0.3 is 10.2 Å². The average Bonchev–Trinajstić information content (AvgIpc) is 2.64. The fraction of sp³-hybridized carbons (Fsp3) is 0.300. The van der Waals surface area contributed by atoms with Crippen molar-refractivity contribution in [2.45, 2.75) is 19.8 Å². The van der Waals surface area contributed by atoms with E-state index in [9.17, 15) is 14.0 Å². The third kappa shape index (κ3) is 4.05. The SMILES string of the molecule is Cc1ccccc1NC(=O)[C@H]1CCCN(C(=O)c2ccc(F)cc2)C1. The van der Waals surface area contributed by atoms with E-state index in [0.717, 1.165) is 24.1 Å². The van der Waals surface area contributed by atoms with Gasteiger partial charge in [-0.25, -0.2) is 4.39 Å². The predicted octanol–water partition coefficient (Wildman–Crippen LogP) is 3.63. The van der Waals surface area contributed by atoms with Gasteiger partial charge in [-0.3, -0.25) is 9.59 Å². The van der Waals surface area contributed by atoms with Crippen molar-refractivity contribution in [3.63, 3.8) is 0 Å². The molecule has 0 saturated carbocycles. The van der Waals surface area contributed by atoms with Gasteiger partial charge in [-0.15, -0.1) is 0 Å². The molecule has 1 aliphatic rings. The summed E-state index contributed by atoms with van der Waals surface area (Å²) < 4.78 is 13.0. The number of nitrogens with one attached hydrogen (secondary N) is 1. The summed E-state index contributed by atoms with van der Waals surface area (Å²) in [6.45, 7) is 2.94. The van der Waals surface area contributed by atoms with E-state index < -0.39 is 0 Å². The fourth-order valence-electron chi connectivity index (χ4n) is 3.10. The van der Waals surface area contributed by atoms with E-state index in [-0.39, 0.29) is 23.5 Å². The maximum Gasteiger partial charge on any atom is 0.253 e. The fourth-order valence-corrected chi connectivity index (χ4v) is 3.10. The molecule has 5 heteroatoms. The molecular formula is C20H21FN2O2. The number of rotatable bonds is 3. The van der Waals surface area contributed by atoms with Gasteiger partial charge in [0.15, 0.2) is 0 Å². The molecule has 130 valence electrons. The Balaban J connectivity index is 1.66. The van der Waals surface area contributed by atoms with E-state index in [0.29, 0.717) is 18.7 Å². The Morgan fingerprint density at radius 3 is 2.56 bits per heavy atom. The van der Waals surface area contributed by atoms with Crippen molar-refractivity contribution < 1.29 is 14.0 Å². The van der Waals surface area contributed by atoms with Crippen LogP contribution in [0.1, 0.15) is 28.8 Å². The van der Waals surface area contributed by atoms with Crippen LogP contribution in [0.25, 0.3) is 0 Å². The standard InChI is InChI=1S/C20H21FN2O2/c1-14-5-2-3-7-18(14)22-19(24)16-6-4-12-23(13-16)20(25)15-8-10-17(21)11-9-15/h2-3,5,7-11,16H,4,6,12-13H2,1H3,(H,22,24)/t16-/m0/s1. The maximum atomic E-state index is 13.0. The van der Waals surface area contributed by atoms with E-state index in [4.69, 9.17) is 0 Å². The molecular weight excluding hydrogens is 319 g/mol. The number of para-hydroxylation sites is 1. The van der Waals surface area contributed by atoms with Crippen LogP contribution in [0.2, 0.25) is 0 Å². The normalized spacial score (nSPS) is 17.2. The van der Waals surface area contributed by atoms with Crippen molar-refractivity contribution in [3.8, 4) is 0 Å². The number of hydrogen-bond donors (Lipinski definition) is 1. The first-order valence-electron chi connectivity index (χ1n) is 8.46. The number of anilines is 1. The van der Waals surface area contributed by atoms with E-state index >= 15 is 0 Å². The first-order valence-corrected chi connectivity index (χ1v) is 8.46. The Labute approximate surface area is 146 Å². The van der Waals surface area contributed by atoms with Crippen molar-refractivity contribution in [2.75, 3.05) is 18.4 Å². The molecule has 4 nitrogen and oxygen atoms in total. The number of aryl methyl sites for hydroxylation is 1. The molecule has 0 aliphatic carbocycles. The quantitative estimate of drug-likeness (QED) is 0.928. The second-order valence-electron chi connectivity index (χ2n) is 6.40. The highest BCUT2D eigenvalue weighted by atomic mass is 19.1. The zero-order valence-corrected chi connectivity index (χ0v) is 14.2. The lowest BCUT2D eigenvalue weighted by molar-refractivity contribution is -0.121. The van der Waals surface area contributed by atoms with Gasteiger partial charge in [-0.1, -0.05) is 18.2 Å². The van der Waals surface area contributed by atoms with Crippen molar-refractivity contribution in [3.05, 3.63) is 65.5 Å². The van der Waals surface area contributed by atoms with Crippen LogP contribution in [0, 0.1) is 18.7 Å². The second-order valence-corrected chi connectivity index (χ2v) is 6.40. The van der Waals surface area contributed by atoms with Crippen LogP contribution >= 0.6 is 0 Å². The summed E-state index contributed by atoms with van der Waals surface area (Å²) in [5, 5.41) is 2.96. The largest absolute Gasteiger partial charge is 0.338 e. The second kappa shape index (κ2) is 7.47. The first-order chi connectivity index (χ1) is 12.0. The van der Waals surface area contributed by atoms with Gasteiger partial charge in [0.2, 0.25) is 5.91 Å². The molecule has 0 radical (unpaired) electrons. The third-order valence-corrected chi connectivity index (χ3v) is 4.57. The number of amides is 2. The van der Waals surface area contributed by atoms with Crippen LogP contribution < -0.4 is 5.32 Å². The molecule has 0 unspecified atom stereocenters. The smallest absolute Gasteiger partial charge is 0.253 e. The predicted molar refractivity (Wildman–Crippen MR) is 94.8 cm³/mol. The molecule has 0 spiro atoms. The summed E-state index contributed by atoms with van der Waals surface area (Å²) in [4.78, 5) is 26.8. The Kier molecular flexibility index (Phi) is 5.12. The monoisotopic (exact) mass is 340 g/mol. The minimum absolute atomic E-state index is 0.0640. The summed E-state index contributed by atoms with van der Waals surface area (Å²) in [5.41, 5.74) is 2.25. The summed E-state index contributed by atoms with van der Waals surface area (Å²) >= 11 is 0. The van der Waals surface area contributed by atoms with E-state index in [1.807, 2.05) is 31.2 Å². The highest BCUT2D eigenvalue weighted by Gasteiger charge is 2.29. The number of halogens is 1. The van der Waals surface area contributed by atoms with Gasteiger partial charge in [0.1, 0.15) is 5.82 Å². The highest BCUT2D eigenvalue weighted by molar-refractivity contribution is 5.96. The molecule has 1 atom stereocenters. The van der Waals surface area contributed by atoms with Gasteiger partial charge in [0, 0.05) is 24.3 Å². The zero-order valence-electron chi connectivity index (χ0n) is 14.2. The molecule has 0 aromatic heterocycles. The number of likely N-dealkylation sites (tertiary alicyclic amines) is 1. The van der Waals surface area contributed by atoms with Gasteiger partial charge in [0.05, 0.1) is 5.92 Å². The van der Waals surface area contributed by atoms with Crippen molar-refractivity contribution in [2.24, 2.45) is 5.92 Å². The lowest BCUT2D eigenvalue weighted by Gasteiger charge is -2.32. The van der Waals surface area contributed by atoms with Crippen LogP contribution in [0.5, 0.6) is 0 Å². The molecule has 1 fully saturated rings. The van der Waals surface area contributed by atoms with Gasteiger partial charge >= 0.3 is 0 Å². The highest BCUT2D eigenvalue weighted by Crippen LogP contribution is 2.22. The van der Waals surface area contributed by atoms with Crippen LogP contribution in [-0.2, 0) is 4.79 Å². The third-order valence-electron chi connectivity index (χ3n) is 4.57. The number of carbonyl (C=O) groups excluding carboxylic acids is 2. The van der Waals surface area contributed by atoms with Crippen LogP contribution in [0.15, 0.2) is 48.5 Å². The van der Waals surface area contributed by atoms with Crippen LogP contribution in [0.3, 0.4) is 0 Å². The number of carbonyl (C=O) groups is 2. The zero-order chi connectivity index (χ0) is 17.8. The minimum atomic E-state index is -0.370. The summed E-state index contributed by atoms with van der Waals surface area (Å²) in [7, 11) is 0. The molecule has 1 heterocycles. The van der Waals surface area contributed by atoms with Crippen molar-refractivity contribution >= 4 is 17.5 Å². The van der Waals surface area contributed by atoms with Crippen molar-refractivity contribution in [1.82, 2.24) is 4.90 Å². The van der Waals surface area contributed by atoms with E-state index in [2.05, 4.69) is 5.32 Å². The Bertz CT molecular complexity index is 774. The maximum absolute atomic E-state index is 13.0. The molecule has 2 aromatic rings. The molecule has 2 aromatic carbocycles. The molecule has 25 heavy (non-hydrogen) atoms. The Hall–Kier alpha value is -2.69. The van der Waals surface area contributed by atoms with E-state index in [1.54, 1.807) is 4.90 Å². The number of piperidine rings is 1. The summed E-state index contributed by atoms with van der Waals surface area (Å²) in [5.74, 6) is -0.831. The van der Waals surface area contributed by atoms with Crippen molar-refractivity contribution in [1.29, 1.82) is 0 Å². The topological polar surface area (TPSA) is 49.4 Å². The van der Waals surface area contributed by atoms with Gasteiger partial charge in [-0.2, -0.15) is 0 Å². The molecule has 3 rings (SSSR count). The van der Waals surface area contributed by atoms with E-state index in [1.165, 1.54) is 24.3 Å². The lowest BCUT2D eigenvalue weighted by Crippen LogP contribution is -2.43. The van der Waals surface area contributed by atoms with Crippen LogP contribution in [0.4, 0.5) is 10.1 Å². The Morgan fingerprint density at radius 1 is 1.12 bits per heavy atom. The molecule has 1 aliphatic heterocycles. The Morgan fingerprint density at radius 2 is 1.84 bits per heavy atom. The van der Waals surface area contributed by atoms with Crippen LogP contribution in [-0.4, -0.2) is 29.8 Å². The van der Waals surface area contributed by atoms with Gasteiger partial charge in [0.25, 0.3) is 5.91 Å². The average molecular weight is 340 g/mol. The summed E-state index contributed by atoms with van der Waals surface area (Å²) in [6.07, 6.45) is 1.53. The summed E-state index contributed by atoms with van der Waals surface area (Å²) in [6, 6.07) is 13.1. The number of benzene rings is 2. The molecule has 1 saturated heterocycles. The molecule has 2 amide bonds. The molecule has 0 bridgehead atoms. The first kappa shape index (κ1) is 17.1. The lowest BCUT2D eigenvalue weighted by atomic mass is 9.96. The number of hydrogen-bond acceptors (Lipinski definition) is 2. The number of nitrogens with zero attached hydrogens (tertiary/aromatic N) is 1.